The monoisotopic (exact) mass is 269 g/mol. The van der Waals surface area contributed by atoms with Crippen molar-refractivity contribution in [3.05, 3.63) is 30.3 Å². The summed E-state index contributed by atoms with van der Waals surface area (Å²) >= 11 is 0. The second kappa shape index (κ2) is 11.5. The van der Waals surface area contributed by atoms with Crippen LogP contribution in [0.4, 0.5) is 5.69 Å². The van der Waals surface area contributed by atoms with Crippen LogP contribution in [0.2, 0.25) is 0 Å². The first-order valence-electron chi connectivity index (χ1n) is 6.42. The molecule has 0 fully saturated rings. The molecule has 19 heavy (non-hydrogen) atoms. The van der Waals surface area contributed by atoms with Gasteiger partial charge in [0.15, 0.2) is 6.10 Å². The molecule has 0 aromatic heterocycles. The molecule has 1 aromatic carbocycles. The number of benzene rings is 1. The van der Waals surface area contributed by atoms with Crippen molar-refractivity contribution in [1.82, 2.24) is 0 Å². The first-order chi connectivity index (χ1) is 9.11. The van der Waals surface area contributed by atoms with Gasteiger partial charge in [-0.05, 0) is 18.6 Å². The normalized spacial score (nSPS) is 11.1. The van der Waals surface area contributed by atoms with Crippen LogP contribution in [-0.4, -0.2) is 40.5 Å². The van der Waals surface area contributed by atoms with Crippen molar-refractivity contribution >= 4 is 11.7 Å². The van der Waals surface area contributed by atoms with Crippen LogP contribution in [0.15, 0.2) is 30.3 Å². The first-order valence-corrected chi connectivity index (χ1v) is 6.42. The van der Waals surface area contributed by atoms with Gasteiger partial charge in [-0.2, -0.15) is 0 Å². The summed E-state index contributed by atoms with van der Waals surface area (Å²) in [6, 6.07) is 9.81. The molecule has 1 atom stereocenters. The third-order valence-corrected chi connectivity index (χ3v) is 2.33. The van der Waals surface area contributed by atoms with Crippen molar-refractivity contribution < 1.29 is 20.1 Å². The molecule has 0 bridgehead atoms. The van der Waals surface area contributed by atoms with Gasteiger partial charge in [-0.15, -0.1) is 0 Å². The van der Waals surface area contributed by atoms with Gasteiger partial charge in [0.1, 0.15) is 0 Å². The highest BCUT2D eigenvalue weighted by molar-refractivity contribution is 5.71. The molecule has 0 heterocycles. The predicted molar refractivity (Wildman–Crippen MR) is 75.2 cm³/mol. The van der Waals surface area contributed by atoms with E-state index in [2.05, 4.69) is 5.32 Å². The molecule has 0 spiro atoms. The van der Waals surface area contributed by atoms with E-state index in [-0.39, 0.29) is 6.61 Å². The number of para-hydroxylation sites is 1. The highest BCUT2D eigenvalue weighted by Gasteiger charge is 2.10. The fraction of sp³-hybridized carbons (Fsp3) is 0.500. The summed E-state index contributed by atoms with van der Waals surface area (Å²) in [5, 5.41) is 28.3. The number of aliphatic carboxylic acids is 1. The zero-order chi connectivity index (χ0) is 14.5. The molecule has 5 nitrogen and oxygen atoms in total. The SMILES string of the molecule is CCCC[C@H](O)C(=O)O.OCCNc1ccccc1. The number of carboxylic acids is 1. The second-order valence-corrected chi connectivity index (χ2v) is 4.01. The average molecular weight is 269 g/mol. The maximum absolute atomic E-state index is 9.96. The minimum absolute atomic E-state index is 0.175. The lowest BCUT2D eigenvalue weighted by atomic mass is 10.2. The molecule has 0 saturated carbocycles. The average Bonchev–Trinajstić information content (AvgIpc) is 2.44. The molecule has 1 aromatic rings. The van der Waals surface area contributed by atoms with Gasteiger partial charge in [0.2, 0.25) is 0 Å². The Bertz CT molecular complexity index is 329. The Morgan fingerprint density at radius 1 is 1.32 bits per heavy atom. The minimum atomic E-state index is -1.16. The fourth-order valence-corrected chi connectivity index (χ4v) is 1.28. The number of nitrogens with one attached hydrogen (secondary N) is 1. The third kappa shape index (κ3) is 10.1. The van der Waals surface area contributed by atoms with E-state index in [1.165, 1.54) is 0 Å². The van der Waals surface area contributed by atoms with Crippen molar-refractivity contribution in [2.45, 2.75) is 32.3 Å². The second-order valence-electron chi connectivity index (χ2n) is 4.01. The molecule has 0 aliphatic rings. The van der Waals surface area contributed by atoms with Gasteiger partial charge in [0.25, 0.3) is 0 Å². The number of hydrogen-bond acceptors (Lipinski definition) is 4. The van der Waals surface area contributed by atoms with Crippen LogP contribution in [0.3, 0.4) is 0 Å². The zero-order valence-electron chi connectivity index (χ0n) is 11.2. The lowest BCUT2D eigenvalue weighted by Crippen LogP contribution is -2.18. The van der Waals surface area contributed by atoms with Crippen LogP contribution in [0.25, 0.3) is 0 Å². The summed E-state index contributed by atoms with van der Waals surface area (Å²) < 4.78 is 0. The Kier molecular flexibility index (Phi) is 10.5. The van der Waals surface area contributed by atoms with Crippen LogP contribution >= 0.6 is 0 Å². The molecule has 5 heteroatoms. The van der Waals surface area contributed by atoms with Crippen molar-refractivity contribution in [3.8, 4) is 0 Å². The molecule has 0 radical (unpaired) electrons. The van der Waals surface area contributed by atoms with Crippen LogP contribution in [0.1, 0.15) is 26.2 Å². The van der Waals surface area contributed by atoms with E-state index in [1.807, 2.05) is 37.3 Å². The van der Waals surface area contributed by atoms with E-state index in [9.17, 15) is 4.79 Å². The van der Waals surface area contributed by atoms with E-state index in [0.717, 1.165) is 18.5 Å². The number of carboxylic acid groups (broad SMARTS) is 1. The quantitative estimate of drug-likeness (QED) is 0.605. The molecule has 108 valence electrons. The van der Waals surface area contributed by atoms with Crippen molar-refractivity contribution in [2.24, 2.45) is 0 Å². The molecule has 0 unspecified atom stereocenters. The molecule has 0 amide bonds. The summed E-state index contributed by atoms with van der Waals surface area (Å²) in [4.78, 5) is 9.96. The van der Waals surface area contributed by atoms with Crippen LogP contribution < -0.4 is 5.32 Å². The Labute approximate surface area is 113 Å². The van der Waals surface area contributed by atoms with E-state index in [0.29, 0.717) is 13.0 Å². The molecular weight excluding hydrogens is 246 g/mol. The summed E-state index contributed by atoms with van der Waals surface area (Å²) in [7, 11) is 0. The molecule has 1 rings (SSSR count). The van der Waals surface area contributed by atoms with Crippen LogP contribution in [0, 0.1) is 0 Å². The summed E-state index contributed by atoms with van der Waals surface area (Å²) in [5.41, 5.74) is 1.05. The van der Waals surface area contributed by atoms with E-state index >= 15 is 0 Å². The fourth-order valence-electron chi connectivity index (χ4n) is 1.28. The number of aliphatic hydroxyl groups is 2. The number of hydrogen-bond donors (Lipinski definition) is 4. The largest absolute Gasteiger partial charge is 0.479 e. The third-order valence-electron chi connectivity index (χ3n) is 2.33. The van der Waals surface area contributed by atoms with Crippen molar-refractivity contribution in [1.29, 1.82) is 0 Å². The highest BCUT2D eigenvalue weighted by atomic mass is 16.4. The van der Waals surface area contributed by atoms with Gasteiger partial charge in [0, 0.05) is 12.2 Å². The predicted octanol–water partition coefficient (Wildman–Crippen LogP) is 1.71. The smallest absolute Gasteiger partial charge is 0.332 e. The summed E-state index contributed by atoms with van der Waals surface area (Å²) in [5.74, 6) is -1.12. The van der Waals surface area contributed by atoms with Gasteiger partial charge in [-0.3, -0.25) is 0 Å². The Morgan fingerprint density at radius 2 is 1.95 bits per heavy atom. The van der Waals surface area contributed by atoms with Gasteiger partial charge in [-0.25, -0.2) is 4.79 Å². The van der Waals surface area contributed by atoms with Crippen molar-refractivity contribution in [2.75, 3.05) is 18.5 Å². The van der Waals surface area contributed by atoms with E-state index in [4.69, 9.17) is 15.3 Å². The Morgan fingerprint density at radius 3 is 2.42 bits per heavy atom. The van der Waals surface area contributed by atoms with Crippen molar-refractivity contribution in [3.63, 3.8) is 0 Å². The van der Waals surface area contributed by atoms with Crippen LogP contribution in [-0.2, 0) is 4.79 Å². The Hall–Kier alpha value is -1.59. The summed E-state index contributed by atoms with van der Waals surface area (Å²) in [6.45, 7) is 2.74. The van der Waals surface area contributed by atoms with Gasteiger partial charge in [0.05, 0.1) is 6.61 Å². The van der Waals surface area contributed by atoms with Gasteiger partial charge in [-0.1, -0.05) is 38.0 Å². The van der Waals surface area contributed by atoms with Gasteiger partial charge >= 0.3 is 5.97 Å². The van der Waals surface area contributed by atoms with Gasteiger partial charge < -0.3 is 20.6 Å². The van der Waals surface area contributed by atoms with E-state index in [1.54, 1.807) is 0 Å². The zero-order valence-corrected chi connectivity index (χ0v) is 11.2. The standard InChI is InChI=1S/C8H11NO.C6H12O3/c10-7-6-9-8-4-2-1-3-5-8;1-2-3-4-5(7)6(8)9/h1-5,9-10H,6-7H2;5,7H,2-4H2,1H3,(H,8,9)/t;5-/m.0/s1. The number of aliphatic hydroxyl groups excluding tert-OH is 2. The maximum Gasteiger partial charge on any atom is 0.332 e. The topological polar surface area (TPSA) is 89.8 Å². The lowest BCUT2D eigenvalue weighted by molar-refractivity contribution is -0.146. The number of carbonyl (C=O) groups is 1. The molecule has 0 aliphatic carbocycles. The molecule has 0 aliphatic heterocycles. The number of anilines is 1. The first kappa shape index (κ1) is 17.4. The summed E-state index contributed by atoms with van der Waals surface area (Å²) in [6.07, 6.45) is 0.897. The lowest BCUT2D eigenvalue weighted by Gasteiger charge is -2.01. The molecule has 4 N–H and O–H groups in total. The highest BCUT2D eigenvalue weighted by Crippen LogP contribution is 2.03. The van der Waals surface area contributed by atoms with Crippen LogP contribution in [0.5, 0.6) is 0 Å². The number of unbranched alkanes of at least 4 members (excludes halogenated alkanes) is 1. The Balaban J connectivity index is 0.000000344. The minimum Gasteiger partial charge on any atom is -0.479 e. The van der Waals surface area contributed by atoms with E-state index < -0.39 is 12.1 Å². The molecular formula is C14H23NO4. The number of rotatable bonds is 7. The maximum atomic E-state index is 9.96. The molecule has 0 saturated heterocycles.